The fourth-order valence-corrected chi connectivity index (χ4v) is 2.70. The smallest absolute Gasteiger partial charge is 0.195 e. The predicted molar refractivity (Wildman–Crippen MR) is 90.9 cm³/mol. The SMILES string of the molecule is O=Cc1ccc(-c2ccc3oc(CCc4ccccc4)nc3c2)o1. The van der Waals surface area contributed by atoms with Gasteiger partial charge in [-0.05, 0) is 42.3 Å². The lowest BCUT2D eigenvalue weighted by atomic mass is 10.1. The van der Waals surface area contributed by atoms with Crippen LogP contribution in [0.5, 0.6) is 0 Å². The van der Waals surface area contributed by atoms with Crippen molar-refractivity contribution in [1.29, 1.82) is 0 Å². The second-order valence-electron chi connectivity index (χ2n) is 5.60. The number of hydrogen-bond donors (Lipinski definition) is 0. The van der Waals surface area contributed by atoms with Crippen molar-refractivity contribution in [2.45, 2.75) is 12.8 Å². The highest BCUT2D eigenvalue weighted by Crippen LogP contribution is 2.26. The number of rotatable bonds is 5. The molecule has 0 spiro atoms. The maximum absolute atomic E-state index is 10.7. The molecule has 0 amide bonds. The Morgan fingerprint density at radius 2 is 1.79 bits per heavy atom. The van der Waals surface area contributed by atoms with Crippen LogP contribution >= 0.6 is 0 Å². The molecule has 0 fully saturated rings. The maximum atomic E-state index is 10.7. The van der Waals surface area contributed by atoms with Crippen molar-refractivity contribution in [1.82, 2.24) is 4.98 Å². The quantitative estimate of drug-likeness (QED) is 0.501. The van der Waals surface area contributed by atoms with Gasteiger partial charge in [0.25, 0.3) is 0 Å². The number of furan rings is 1. The topological polar surface area (TPSA) is 56.2 Å². The molecule has 2 heterocycles. The third-order valence-electron chi connectivity index (χ3n) is 3.93. The molecule has 0 aliphatic rings. The van der Waals surface area contributed by atoms with Crippen LogP contribution in [0.15, 0.2) is 69.5 Å². The van der Waals surface area contributed by atoms with E-state index in [1.54, 1.807) is 12.1 Å². The molecule has 4 nitrogen and oxygen atoms in total. The van der Waals surface area contributed by atoms with E-state index >= 15 is 0 Å². The van der Waals surface area contributed by atoms with Crippen LogP contribution in [0.3, 0.4) is 0 Å². The van der Waals surface area contributed by atoms with Crippen LogP contribution in [0, 0.1) is 0 Å². The normalized spacial score (nSPS) is 11.0. The average Bonchev–Trinajstić information content (AvgIpc) is 3.26. The highest BCUT2D eigenvalue weighted by Gasteiger charge is 2.10. The molecule has 4 heteroatoms. The minimum atomic E-state index is 0.314. The number of fused-ring (bicyclic) bond motifs is 1. The van der Waals surface area contributed by atoms with Gasteiger partial charge in [-0.25, -0.2) is 4.98 Å². The zero-order valence-electron chi connectivity index (χ0n) is 12.9. The zero-order valence-corrected chi connectivity index (χ0v) is 12.9. The molecule has 4 aromatic rings. The summed E-state index contributed by atoms with van der Waals surface area (Å²) in [4.78, 5) is 15.3. The summed E-state index contributed by atoms with van der Waals surface area (Å²) in [6.45, 7) is 0. The van der Waals surface area contributed by atoms with Gasteiger partial charge in [-0.2, -0.15) is 0 Å². The lowest BCUT2D eigenvalue weighted by Crippen LogP contribution is -1.90. The van der Waals surface area contributed by atoms with Gasteiger partial charge in [0.1, 0.15) is 11.3 Å². The molecule has 2 aromatic heterocycles. The van der Waals surface area contributed by atoms with Crippen molar-refractivity contribution >= 4 is 17.4 Å². The van der Waals surface area contributed by atoms with Crippen LogP contribution in [0.4, 0.5) is 0 Å². The monoisotopic (exact) mass is 317 g/mol. The Labute approximate surface area is 138 Å². The van der Waals surface area contributed by atoms with Gasteiger partial charge < -0.3 is 8.83 Å². The van der Waals surface area contributed by atoms with Gasteiger partial charge in [0, 0.05) is 12.0 Å². The van der Waals surface area contributed by atoms with Crippen molar-refractivity contribution in [3.05, 3.63) is 77.9 Å². The van der Waals surface area contributed by atoms with E-state index in [0.717, 1.165) is 35.4 Å². The minimum absolute atomic E-state index is 0.314. The molecule has 24 heavy (non-hydrogen) atoms. The number of aldehydes is 1. The largest absolute Gasteiger partial charge is 0.453 e. The fraction of sp³-hybridized carbons (Fsp3) is 0.100. The van der Waals surface area contributed by atoms with Crippen LogP contribution < -0.4 is 0 Å². The number of nitrogens with zero attached hydrogens (tertiary/aromatic N) is 1. The van der Waals surface area contributed by atoms with Crippen LogP contribution in [0.25, 0.3) is 22.4 Å². The average molecular weight is 317 g/mol. The third-order valence-corrected chi connectivity index (χ3v) is 3.93. The predicted octanol–water partition coefficient (Wildman–Crippen LogP) is 4.69. The first kappa shape index (κ1) is 14.5. The third kappa shape index (κ3) is 2.86. The highest BCUT2D eigenvalue weighted by molar-refractivity contribution is 5.80. The van der Waals surface area contributed by atoms with E-state index in [-0.39, 0.29) is 0 Å². The van der Waals surface area contributed by atoms with Gasteiger partial charge in [-0.3, -0.25) is 4.79 Å². The van der Waals surface area contributed by atoms with Crippen LogP contribution in [-0.2, 0) is 12.8 Å². The Bertz CT molecular complexity index is 982. The Kier molecular flexibility index (Phi) is 3.71. The first-order valence-corrected chi connectivity index (χ1v) is 7.80. The first-order valence-electron chi connectivity index (χ1n) is 7.80. The maximum Gasteiger partial charge on any atom is 0.195 e. The Balaban J connectivity index is 1.57. The molecule has 118 valence electrons. The molecule has 0 N–H and O–H groups in total. The molecule has 0 atom stereocenters. The molecule has 0 saturated carbocycles. The summed E-state index contributed by atoms with van der Waals surface area (Å²) < 4.78 is 11.3. The van der Waals surface area contributed by atoms with Gasteiger partial charge in [0.05, 0.1) is 0 Å². The van der Waals surface area contributed by atoms with E-state index in [1.165, 1.54) is 5.56 Å². The van der Waals surface area contributed by atoms with Crippen molar-refractivity contribution in [3.8, 4) is 11.3 Å². The first-order chi connectivity index (χ1) is 11.8. The van der Waals surface area contributed by atoms with Crippen LogP contribution in [0.1, 0.15) is 22.0 Å². The summed E-state index contributed by atoms with van der Waals surface area (Å²) in [5.41, 5.74) is 3.68. The van der Waals surface area contributed by atoms with Crippen molar-refractivity contribution < 1.29 is 13.6 Å². The highest BCUT2D eigenvalue weighted by atomic mass is 16.4. The van der Waals surface area contributed by atoms with Gasteiger partial charge in [0.2, 0.25) is 0 Å². The minimum Gasteiger partial charge on any atom is -0.453 e. The number of aryl methyl sites for hydroxylation is 2. The summed E-state index contributed by atoms with van der Waals surface area (Å²) in [6, 6.07) is 19.4. The number of carbonyl (C=O) groups excluding carboxylic acids is 1. The summed E-state index contributed by atoms with van der Waals surface area (Å²) in [7, 11) is 0. The molecule has 0 bridgehead atoms. The number of carbonyl (C=O) groups is 1. The Hall–Kier alpha value is -3.14. The number of benzene rings is 2. The lowest BCUT2D eigenvalue weighted by molar-refractivity contribution is 0.110. The Morgan fingerprint density at radius 3 is 2.58 bits per heavy atom. The van der Waals surface area contributed by atoms with Crippen molar-refractivity contribution in [2.75, 3.05) is 0 Å². The van der Waals surface area contributed by atoms with E-state index in [2.05, 4.69) is 17.1 Å². The molecule has 0 saturated heterocycles. The Morgan fingerprint density at radius 1 is 0.917 bits per heavy atom. The standard InChI is InChI=1S/C20H15NO3/c22-13-16-8-10-18(23-16)15-7-9-19-17(12-15)21-20(24-19)11-6-14-4-2-1-3-5-14/h1-5,7-10,12-13H,6,11H2. The van der Waals surface area contributed by atoms with Crippen molar-refractivity contribution in [3.63, 3.8) is 0 Å². The van der Waals surface area contributed by atoms with Crippen LogP contribution in [0.2, 0.25) is 0 Å². The van der Waals surface area contributed by atoms with E-state index in [1.807, 2.05) is 36.4 Å². The summed E-state index contributed by atoms with van der Waals surface area (Å²) >= 11 is 0. The number of oxazole rings is 1. The van der Waals surface area contributed by atoms with Crippen molar-refractivity contribution in [2.24, 2.45) is 0 Å². The van der Waals surface area contributed by atoms with Gasteiger partial charge in [-0.1, -0.05) is 30.3 Å². The molecule has 2 aromatic carbocycles. The molecule has 0 unspecified atom stereocenters. The molecule has 0 radical (unpaired) electrons. The van der Waals surface area contributed by atoms with Gasteiger partial charge in [-0.15, -0.1) is 0 Å². The zero-order chi connectivity index (χ0) is 16.4. The summed E-state index contributed by atoms with van der Waals surface area (Å²) in [5, 5.41) is 0. The molecule has 0 aliphatic heterocycles. The second kappa shape index (κ2) is 6.16. The van der Waals surface area contributed by atoms with E-state index in [0.29, 0.717) is 17.8 Å². The van der Waals surface area contributed by atoms with Gasteiger partial charge in [0.15, 0.2) is 23.5 Å². The van der Waals surface area contributed by atoms with Gasteiger partial charge >= 0.3 is 0 Å². The number of aromatic nitrogens is 1. The molecule has 4 rings (SSSR count). The molecule has 0 aliphatic carbocycles. The lowest BCUT2D eigenvalue weighted by Gasteiger charge is -1.96. The summed E-state index contributed by atoms with van der Waals surface area (Å²) in [5.74, 6) is 1.68. The van der Waals surface area contributed by atoms with E-state index < -0.39 is 0 Å². The summed E-state index contributed by atoms with van der Waals surface area (Å²) in [6.07, 6.45) is 2.34. The van der Waals surface area contributed by atoms with E-state index in [9.17, 15) is 4.79 Å². The molecular weight excluding hydrogens is 302 g/mol. The number of hydrogen-bond acceptors (Lipinski definition) is 4. The second-order valence-corrected chi connectivity index (χ2v) is 5.60. The fourth-order valence-electron chi connectivity index (χ4n) is 2.70. The van der Waals surface area contributed by atoms with Crippen LogP contribution in [-0.4, -0.2) is 11.3 Å². The van der Waals surface area contributed by atoms with E-state index in [4.69, 9.17) is 8.83 Å². The molecular formula is C20H15NO3.